The summed E-state index contributed by atoms with van der Waals surface area (Å²) in [7, 11) is -3.56. The largest absolute Gasteiger partial charge is 0.487 e. The summed E-state index contributed by atoms with van der Waals surface area (Å²) < 4.78 is 38.5. The van der Waals surface area contributed by atoms with Crippen LogP contribution < -0.4 is 4.74 Å². The molecule has 0 N–H and O–H groups in total. The molecule has 0 saturated carbocycles. The van der Waals surface area contributed by atoms with Crippen LogP contribution in [0.5, 0.6) is 5.75 Å². The van der Waals surface area contributed by atoms with Crippen LogP contribution in [-0.4, -0.2) is 53.9 Å². The van der Waals surface area contributed by atoms with E-state index in [4.69, 9.17) is 13.4 Å². The third-order valence-electron chi connectivity index (χ3n) is 5.98. The van der Waals surface area contributed by atoms with Gasteiger partial charge in [0.05, 0.1) is 6.26 Å². The molecule has 2 aliphatic heterocycles. The van der Waals surface area contributed by atoms with Gasteiger partial charge in [0, 0.05) is 24.2 Å². The van der Waals surface area contributed by atoms with Gasteiger partial charge in [-0.15, -0.1) is 0 Å². The van der Waals surface area contributed by atoms with Crippen LogP contribution in [0.2, 0.25) is 0 Å². The molecule has 3 heterocycles. The standard InChI is InChI=1S/C21H29N3O5S/c1-20(2,3)24-11-9-21(10-12-24)8-7-15-13-16(5-6-17(15)28-21)19-22-18(29-23-19)14-27-30(4,25)26/h5-6,13H,7-12,14H2,1-4H3. The van der Waals surface area contributed by atoms with Gasteiger partial charge in [0.1, 0.15) is 18.0 Å². The minimum absolute atomic E-state index is 0.0709. The Hall–Kier alpha value is -1.97. The third-order valence-corrected chi connectivity index (χ3v) is 6.53. The number of aryl methyl sites for hydroxylation is 1. The van der Waals surface area contributed by atoms with Gasteiger partial charge in [0.2, 0.25) is 5.82 Å². The lowest BCUT2D eigenvalue weighted by atomic mass is 9.81. The molecule has 2 aliphatic rings. The molecule has 0 bridgehead atoms. The molecule has 4 rings (SSSR count). The smallest absolute Gasteiger partial charge is 0.264 e. The van der Waals surface area contributed by atoms with Crippen LogP contribution in [-0.2, 0) is 27.3 Å². The van der Waals surface area contributed by atoms with Gasteiger partial charge < -0.3 is 9.26 Å². The zero-order valence-corrected chi connectivity index (χ0v) is 18.8. The van der Waals surface area contributed by atoms with Gasteiger partial charge in [-0.05, 0) is 70.2 Å². The van der Waals surface area contributed by atoms with E-state index in [2.05, 4.69) is 35.8 Å². The van der Waals surface area contributed by atoms with Gasteiger partial charge in [-0.1, -0.05) is 5.16 Å². The first kappa shape index (κ1) is 21.3. The molecule has 1 aromatic carbocycles. The summed E-state index contributed by atoms with van der Waals surface area (Å²) in [5, 5.41) is 3.94. The average Bonchev–Trinajstić information content (AvgIpc) is 3.14. The summed E-state index contributed by atoms with van der Waals surface area (Å²) in [6.07, 6.45) is 5.01. The molecular weight excluding hydrogens is 406 g/mol. The fourth-order valence-electron chi connectivity index (χ4n) is 4.19. The molecule has 1 fully saturated rings. The Bertz CT molecular complexity index is 1020. The summed E-state index contributed by atoms with van der Waals surface area (Å²) in [5.41, 5.74) is 2.07. The summed E-state index contributed by atoms with van der Waals surface area (Å²) in [4.78, 5) is 6.76. The van der Waals surface area contributed by atoms with Crippen molar-refractivity contribution in [2.75, 3.05) is 19.3 Å². The maximum absolute atomic E-state index is 11.1. The van der Waals surface area contributed by atoms with E-state index in [9.17, 15) is 8.42 Å². The first-order chi connectivity index (χ1) is 14.0. The number of aromatic nitrogens is 2. The number of rotatable bonds is 4. The minimum Gasteiger partial charge on any atom is -0.487 e. The molecular formula is C21H29N3O5S. The van der Waals surface area contributed by atoms with E-state index in [1.165, 1.54) is 0 Å². The number of piperidine rings is 1. The van der Waals surface area contributed by atoms with Crippen molar-refractivity contribution in [2.45, 2.75) is 64.2 Å². The lowest BCUT2D eigenvalue weighted by Gasteiger charge is -2.48. The molecule has 30 heavy (non-hydrogen) atoms. The molecule has 1 saturated heterocycles. The number of likely N-dealkylation sites (tertiary alicyclic amines) is 1. The first-order valence-corrected chi connectivity index (χ1v) is 12.1. The number of nitrogens with zero attached hydrogens (tertiary/aromatic N) is 3. The van der Waals surface area contributed by atoms with E-state index in [0.29, 0.717) is 5.82 Å². The van der Waals surface area contributed by atoms with Gasteiger partial charge in [-0.2, -0.15) is 13.4 Å². The number of hydrogen-bond acceptors (Lipinski definition) is 8. The van der Waals surface area contributed by atoms with Gasteiger partial charge >= 0.3 is 0 Å². The molecule has 0 unspecified atom stereocenters. The van der Waals surface area contributed by atoms with Crippen molar-refractivity contribution in [3.63, 3.8) is 0 Å². The monoisotopic (exact) mass is 435 g/mol. The van der Waals surface area contributed by atoms with Crippen molar-refractivity contribution in [1.29, 1.82) is 0 Å². The highest BCUT2D eigenvalue weighted by atomic mass is 32.2. The first-order valence-electron chi connectivity index (χ1n) is 10.3. The lowest BCUT2D eigenvalue weighted by molar-refractivity contribution is -0.0355. The summed E-state index contributed by atoms with van der Waals surface area (Å²) in [6.45, 7) is 8.63. The molecule has 0 aliphatic carbocycles. The Morgan fingerprint density at radius 3 is 2.60 bits per heavy atom. The quantitative estimate of drug-likeness (QED) is 0.676. The zero-order valence-electron chi connectivity index (χ0n) is 18.0. The van der Waals surface area contributed by atoms with Gasteiger partial charge in [-0.3, -0.25) is 9.08 Å². The Labute approximate surface area is 177 Å². The van der Waals surface area contributed by atoms with E-state index in [-0.39, 0.29) is 23.6 Å². The Balaban J connectivity index is 1.45. The molecule has 1 aromatic heterocycles. The number of benzene rings is 1. The topological polar surface area (TPSA) is 94.8 Å². The highest BCUT2D eigenvalue weighted by Crippen LogP contribution is 2.41. The lowest BCUT2D eigenvalue weighted by Crippen LogP contribution is -2.54. The van der Waals surface area contributed by atoms with Crippen molar-refractivity contribution in [1.82, 2.24) is 15.0 Å². The molecule has 1 spiro atoms. The molecule has 9 heteroatoms. The fraction of sp³-hybridized carbons (Fsp3) is 0.619. The van der Waals surface area contributed by atoms with Gasteiger partial charge in [-0.25, -0.2) is 0 Å². The average molecular weight is 436 g/mol. The maximum Gasteiger partial charge on any atom is 0.264 e. The Morgan fingerprint density at radius 1 is 1.20 bits per heavy atom. The van der Waals surface area contributed by atoms with Crippen LogP contribution in [0.1, 0.15) is 51.5 Å². The van der Waals surface area contributed by atoms with E-state index in [1.54, 1.807) is 0 Å². The summed E-state index contributed by atoms with van der Waals surface area (Å²) in [6, 6.07) is 5.91. The third kappa shape index (κ3) is 4.68. The van der Waals surface area contributed by atoms with E-state index >= 15 is 0 Å². The maximum atomic E-state index is 11.1. The van der Waals surface area contributed by atoms with Crippen molar-refractivity contribution in [2.24, 2.45) is 0 Å². The molecule has 2 aromatic rings. The minimum atomic E-state index is -3.56. The van der Waals surface area contributed by atoms with Crippen LogP contribution in [0.25, 0.3) is 11.4 Å². The summed E-state index contributed by atoms with van der Waals surface area (Å²) >= 11 is 0. The van der Waals surface area contributed by atoms with Gasteiger partial charge in [0.15, 0.2) is 0 Å². The Kier molecular flexibility index (Phi) is 5.40. The van der Waals surface area contributed by atoms with Gasteiger partial charge in [0.25, 0.3) is 16.0 Å². The Morgan fingerprint density at radius 2 is 1.93 bits per heavy atom. The fourth-order valence-corrected chi connectivity index (χ4v) is 4.50. The van der Waals surface area contributed by atoms with Crippen molar-refractivity contribution in [3.8, 4) is 17.1 Å². The van der Waals surface area contributed by atoms with E-state index in [1.807, 2.05) is 18.2 Å². The van der Waals surface area contributed by atoms with Crippen LogP contribution in [0.4, 0.5) is 0 Å². The number of hydrogen-bond donors (Lipinski definition) is 0. The molecule has 164 valence electrons. The second kappa shape index (κ2) is 7.62. The predicted molar refractivity (Wildman–Crippen MR) is 112 cm³/mol. The van der Waals surface area contributed by atoms with Crippen LogP contribution >= 0.6 is 0 Å². The van der Waals surface area contributed by atoms with Crippen molar-refractivity contribution >= 4 is 10.1 Å². The number of fused-ring (bicyclic) bond motifs is 1. The van der Waals surface area contributed by atoms with Crippen LogP contribution in [0, 0.1) is 0 Å². The van der Waals surface area contributed by atoms with Crippen LogP contribution in [0.3, 0.4) is 0 Å². The molecule has 0 amide bonds. The highest BCUT2D eigenvalue weighted by Gasteiger charge is 2.41. The molecule has 8 nitrogen and oxygen atoms in total. The zero-order chi connectivity index (χ0) is 21.6. The second-order valence-corrected chi connectivity index (χ2v) is 10.9. The van der Waals surface area contributed by atoms with E-state index < -0.39 is 10.1 Å². The predicted octanol–water partition coefficient (Wildman–Crippen LogP) is 3.17. The SMILES string of the molecule is CC(C)(C)N1CCC2(CCc3cc(-c4noc(COS(C)(=O)=O)n4)ccc3O2)CC1. The molecule has 0 atom stereocenters. The normalized spacial score (nSPS) is 19.5. The molecule has 0 radical (unpaired) electrons. The van der Waals surface area contributed by atoms with Crippen molar-refractivity contribution < 1.29 is 21.9 Å². The number of ether oxygens (including phenoxy) is 1. The van der Waals surface area contributed by atoms with E-state index in [0.717, 1.165) is 61.9 Å². The summed E-state index contributed by atoms with van der Waals surface area (Å²) in [5.74, 6) is 1.45. The van der Waals surface area contributed by atoms with Crippen LogP contribution in [0.15, 0.2) is 22.7 Å². The van der Waals surface area contributed by atoms with Crippen molar-refractivity contribution in [3.05, 3.63) is 29.7 Å². The second-order valence-electron chi connectivity index (χ2n) is 9.24. The highest BCUT2D eigenvalue weighted by molar-refractivity contribution is 7.85.